The van der Waals surface area contributed by atoms with Gasteiger partial charge in [-0.3, -0.25) is 9.59 Å². The van der Waals surface area contributed by atoms with Crippen LogP contribution in [0.25, 0.3) is 11.1 Å². The molecule has 0 unspecified atom stereocenters. The molecule has 0 radical (unpaired) electrons. The van der Waals surface area contributed by atoms with Crippen molar-refractivity contribution in [1.82, 2.24) is 0 Å². The van der Waals surface area contributed by atoms with Crippen molar-refractivity contribution >= 4 is 23.2 Å². The van der Waals surface area contributed by atoms with Gasteiger partial charge in [0, 0.05) is 18.3 Å². The molecule has 0 aliphatic carbocycles. The molecule has 136 valence electrons. The Hall–Kier alpha value is -3.40. The highest BCUT2D eigenvalue weighted by molar-refractivity contribution is 5.96. The van der Waals surface area contributed by atoms with Crippen LogP contribution in [0, 0.1) is 6.92 Å². The van der Waals surface area contributed by atoms with E-state index in [0.717, 1.165) is 22.3 Å². The predicted molar refractivity (Wildman–Crippen MR) is 110 cm³/mol. The van der Waals surface area contributed by atoms with E-state index in [0.29, 0.717) is 17.8 Å². The van der Waals surface area contributed by atoms with Crippen molar-refractivity contribution in [3.8, 4) is 11.1 Å². The highest BCUT2D eigenvalue weighted by Gasteiger charge is 2.09. The van der Waals surface area contributed by atoms with Crippen molar-refractivity contribution in [2.24, 2.45) is 0 Å². The van der Waals surface area contributed by atoms with Crippen molar-refractivity contribution in [2.75, 3.05) is 10.6 Å². The molecule has 0 bridgehead atoms. The Bertz CT molecular complexity index is 948. The number of benzene rings is 3. The van der Waals surface area contributed by atoms with Gasteiger partial charge in [-0.15, -0.1) is 0 Å². The Morgan fingerprint density at radius 2 is 1.33 bits per heavy atom. The second kappa shape index (κ2) is 8.32. The molecule has 0 atom stereocenters. The first-order valence-corrected chi connectivity index (χ1v) is 8.84. The number of hydrogen-bond acceptors (Lipinski definition) is 2. The molecular weight excluding hydrogens is 336 g/mol. The summed E-state index contributed by atoms with van der Waals surface area (Å²) in [6.07, 6.45) is 0.291. The van der Waals surface area contributed by atoms with Crippen LogP contribution in [0.2, 0.25) is 0 Å². The van der Waals surface area contributed by atoms with E-state index in [1.54, 1.807) is 0 Å². The minimum Gasteiger partial charge on any atom is -0.326 e. The number of rotatable bonds is 5. The van der Waals surface area contributed by atoms with Crippen molar-refractivity contribution < 1.29 is 9.59 Å². The lowest BCUT2D eigenvalue weighted by Crippen LogP contribution is -2.16. The largest absolute Gasteiger partial charge is 0.326 e. The van der Waals surface area contributed by atoms with E-state index in [4.69, 9.17) is 0 Å². The molecule has 0 saturated carbocycles. The number of anilines is 2. The fourth-order valence-electron chi connectivity index (χ4n) is 2.92. The molecule has 4 nitrogen and oxygen atoms in total. The number of carbonyl (C=O) groups is 2. The predicted octanol–water partition coefficient (Wildman–Crippen LogP) is 4.80. The molecule has 27 heavy (non-hydrogen) atoms. The zero-order chi connectivity index (χ0) is 19.2. The zero-order valence-electron chi connectivity index (χ0n) is 15.5. The van der Waals surface area contributed by atoms with Gasteiger partial charge in [0.05, 0.1) is 6.42 Å². The third-order valence-corrected chi connectivity index (χ3v) is 4.34. The maximum absolute atomic E-state index is 12.4. The van der Waals surface area contributed by atoms with E-state index in [9.17, 15) is 9.59 Å². The summed E-state index contributed by atoms with van der Waals surface area (Å²) in [7, 11) is 0. The van der Waals surface area contributed by atoms with E-state index in [1.165, 1.54) is 6.92 Å². The van der Waals surface area contributed by atoms with Crippen LogP contribution < -0.4 is 10.6 Å². The van der Waals surface area contributed by atoms with Crippen LogP contribution in [0.15, 0.2) is 72.8 Å². The number of hydrogen-bond donors (Lipinski definition) is 2. The molecule has 2 N–H and O–H groups in total. The summed E-state index contributed by atoms with van der Waals surface area (Å²) in [4.78, 5) is 23.7. The van der Waals surface area contributed by atoms with Gasteiger partial charge >= 0.3 is 0 Å². The minimum atomic E-state index is -0.139. The van der Waals surface area contributed by atoms with Crippen LogP contribution in [0.4, 0.5) is 11.4 Å². The van der Waals surface area contributed by atoms with E-state index >= 15 is 0 Å². The first-order chi connectivity index (χ1) is 13.0. The third-order valence-electron chi connectivity index (χ3n) is 4.34. The Labute approximate surface area is 159 Å². The van der Waals surface area contributed by atoms with Crippen LogP contribution >= 0.6 is 0 Å². The van der Waals surface area contributed by atoms with Crippen LogP contribution in [0.5, 0.6) is 0 Å². The standard InChI is InChI=1S/C23H22N2O2/c1-16-21(24-17(2)26)9-6-10-22(16)25-23(27)15-18-11-13-20(14-12-18)19-7-4-3-5-8-19/h3-14H,15H2,1-2H3,(H,24,26)(H,25,27). The Morgan fingerprint density at radius 1 is 0.741 bits per heavy atom. The molecule has 4 heteroatoms. The minimum absolute atomic E-state index is 0.0921. The lowest BCUT2D eigenvalue weighted by atomic mass is 10.0. The second-order valence-corrected chi connectivity index (χ2v) is 6.45. The third kappa shape index (κ3) is 4.82. The van der Waals surface area contributed by atoms with Gasteiger partial charge in [-0.25, -0.2) is 0 Å². The molecule has 0 aliphatic rings. The smallest absolute Gasteiger partial charge is 0.228 e. The summed E-state index contributed by atoms with van der Waals surface area (Å²) in [6, 6.07) is 23.6. The summed E-state index contributed by atoms with van der Waals surface area (Å²) in [5, 5.41) is 5.70. The first kappa shape index (κ1) is 18.4. The summed E-state index contributed by atoms with van der Waals surface area (Å²) < 4.78 is 0. The second-order valence-electron chi connectivity index (χ2n) is 6.45. The summed E-state index contributed by atoms with van der Waals surface area (Å²) >= 11 is 0. The maximum Gasteiger partial charge on any atom is 0.228 e. The van der Waals surface area contributed by atoms with E-state index in [1.807, 2.05) is 67.6 Å². The highest BCUT2D eigenvalue weighted by atomic mass is 16.2. The number of carbonyl (C=O) groups excluding carboxylic acids is 2. The number of nitrogens with one attached hydrogen (secondary N) is 2. The van der Waals surface area contributed by atoms with Crippen molar-refractivity contribution in [2.45, 2.75) is 20.3 Å². The summed E-state index contributed by atoms with van der Waals surface area (Å²) in [5.41, 5.74) is 5.46. The first-order valence-electron chi connectivity index (χ1n) is 8.84. The van der Waals surface area contributed by atoms with Gasteiger partial charge in [0.1, 0.15) is 0 Å². The SMILES string of the molecule is CC(=O)Nc1cccc(NC(=O)Cc2ccc(-c3ccccc3)cc2)c1C. The molecular formula is C23H22N2O2. The van der Waals surface area contributed by atoms with Gasteiger partial charge in [-0.1, -0.05) is 60.7 Å². The van der Waals surface area contributed by atoms with Crippen molar-refractivity contribution in [1.29, 1.82) is 0 Å². The number of amides is 2. The average Bonchev–Trinajstić information content (AvgIpc) is 2.66. The maximum atomic E-state index is 12.4. The lowest BCUT2D eigenvalue weighted by Gasteiger charge is -2.13. The summed E-state index contributed by atoms with van der Waals surface area (Å²) in [5.74, 6) is -0.231. The van der Waals surface area contributed by atoms with Gasteiger partial charge in [0.15, 0.2) is 0 Å². The van der Waals surface area contributed by atoms with E-state index in [2.05, 4.69) is 22.8 Å². The normalized spacial score (nSPS) is 10.3. The van der Waals surface area contributed by atoms with Gasteiger partial charge in [0.2, 0.25) is 11.8 Å². The van der Waals surface area contributed by atoms with E-state index < -0.39 is 0 Å². The van der Waals surface area contributed by atoms with Gasteiger partial charge in [-0.2, -0.15) is 0 Å². The Kier molecular flexibility index (Phi) is 5.67. The topological polar surface area (TPSA) is 58.2 Å². The quantitative estimate of drug-likeness (QED) is 0.688. The molecule has 3 aromatic carbocycles. The Balaban J connectivity index is 1.67. The molecule has 0 fully saturated rings. The fraction of sp³-hybridized carbons (Fsp3) is 0.130. The monoisotopic (exact) mass is 358 g/mol. The fourth-order valence-corrected chi connectivity index (χ4v) is 2.92. The van der Waals surface area contributed by atoms with Gasteiger partial charge < -0.3 is 10.6 Å². The Morgan fingerprint density at radius 3 is 1.96 bits per heavy atom. The van der Waals surface area contributed by atoms with Crippen molar-refractivity contribution in [3.05, 3.63) is 83.9 Å². The molecule has 0 heterocycles. The van der Waals surface area contributed by atoms with E-state index in [-0.39, 0.29) is 11.8 Å². The van der Waals surface area contributed by atoms with Crippen LogP contribution in [0.3, 0.4) is 0 Å². The van der Waals surface area contributed by atoms with Gasteiger partial charge in [0.25, 0.3) is 0 Å². The van der Waals surface area contributed by atoms with Crippen LogP contribution in [-0.4, -0.2) is 11.8 Å². The molecule has 0 aromatic heterocycles. The van der Waals surface area contributed by atoms with Crippen molar-refractivity contribution in [3.63, 3.8) is 0 Å². The molecule has 0 aliphatic heterocycles. The molecule has 0 saturated heterocycles. The van der Waals surface area contributed by atoms with Crippen LogP contribution in [0.1, 0.15) is 18.1 Å². The highest BCUT2D eigenvalue weighted by Crippen LogP contribution is 2.24. The van der Waals surface area contributed by atoms with Gasteiger partial charge in [-0.05, 0) is 41.3 Å². The molecule has 2 amide bonds. The zero-order valence-corrected chi connectivity index (χ0v) is 15.5. The molecule has 3 rings (SSSR count). The summed E-state index contributed by atoms with van der Waals surface area (Å²) in [6.45, 7) is 3.33. The molecule has 0 spiro atoms. The average molecular weight is 358 g/mol. The lowest BCUT2D eigenvalue weighted by molar-refractivity contribution is -0.115. The van der Waals surface area contributed by atoms with Crippen LogP contribution in [-0.2, 0) is 16.0 Å². The molecule has 3 aromatic rings.